The Morgan fingerprint density at radius 2 is 1.78 bits per heavy atom. The largest absolute Gasteiger partial charge is 0.493 e. The lowest BCUT2D eigenvalue weighted by molar-refractivity contribution is 0.101. The van der Waals surface area contributed by atoms with E-state index in [-0.39, 0.29) is 17.1 Å². The highest BCUT2D eigenvalue weighted by Crippen LogP contribution is 2.38. The van der Waals surface area contributed by atoms with E-state index in [1.54, 1.807) is 18.2 Å². The quantitative estimate of drug-likeness (QED) is 0.184. The zero-order chi connectivity index (χ0) is 35.4. The molecule has 1 aliphatic rings. The van der Waals surface area contributed by atoms with Crippen molar-refractivity contribution >= 4 is 22.5 Å². The van der Waals surface area contributed by atoms with Crippen LogP contribution in [0.4, 0.5) is 14.5 Å². The molecule has 0 spiro atoms. The minimum atomic E-state index is -1.00. The molecule has 12 nitrogen and oxygen atoms in total. The number of fused-ring (bicyclic) bond motifs is 1. The van der Waals surface area contributed by atoms with E-state index in [0.29, 0.717) is 39.3 Å². The van der Waals surface area contributed by atoms with Crippen LogP contribution in [-0.2, 0) is 7.05 Å². The third kappa shape index (κ3) is 7.49. The molecule has 50 heavy (non-hydrogen) atoms. The monoisotopic (exact) mass is 686 g/mol. The molecule has 1 N–H and O–H groups in total. The number of nitrogens with one attached hydrogen (secondary N) is 1. The zero-order valence-corrected chi connectivity index (χ0v) is 27.8. The average Bonchev–Trinajstić information content (AvgIpc) is 3.10. The molecule has 1 aliphatic heterocycles. The first-order valence-electron chi connectivity index (χ1n) is 16.2. The molecule has 1 amide bonds. The van der Waals surface area contributed by atoms with Gasteiger partial charge >= 0.3 is 5.69 Å². The van der Waals surface area contributed by atoms with Crippen LogP contribution >= 0.6 is 0 Å². The smallest absolute Gasteiger partial charge is 0.351 e. The molecule has 2 aromatic heterocycles. The number of aromatic nitrogens is 4. The highest BCUT2D eigenvalue weighted by molar-refractivity contribution is 6.02. The summed E-state index contributed by atoms with van der Waals surface area (Å²) >= 11 is 0. The first kappa shape index (κ1) is 34.2. The molecule has 6 rings (SSSR count). The number of amides is 1. The SMILES string of the molecule is COc1cc2c(Oc3ccc(NC(=O)c4nn(-c5cccc(F)c5)c(=O)n(C)c4=O)cc3F)ccnc2cc1OCCCN1CCC(C)CC1. The molecule has 1 fully saturated rings. The van der Waals surface area contributed by atoms with Gasteiger partial charge in [0, 0.05) is 43.0 Å². The summed E-state index contributed by atoms with van der Waals surface area (Å²) in [5, 5.41) is 6.85. The fraction of sp³-hybridized carbons (Fsp3) is 0.306. The van der Waals surface area contributed by atoms with Crippen molar-refractivity contribution in [3.63, 3.8) is 0 Å². The Balaban J connectivity index is 1.16. The number of carbonyl (C=O) groups is 1. The second-order valence-electron chi connectivity index (χ2n) is 12.1. The molecule has 0 saturated carbocycles. The van der Waals surface area contributed by atoms with E-state index >= 15 is 4.39 Å². The molecule has 0 radical (unpaired) electrons. The van der Waals surface area contributed by atoms with Crippen LogP contribution in [0.1, 0.15) is 36.7 Å². The number of likely N-dealkylation sites (tertiary alicyclic amines) is 1. The standard InChI is InChI=1S/C36H36F2N6O6/c1-22-11-15-43(16-12-22)14-5-17-49-32-21-28-26(20-31(32)48-3)29(10-13-39-28)50-30-9-8-24(19-27(30)38)40-34(45)33-35(46)42(2)36(47)44(41-33)25-7-4-6-23(37)18-25/h4,6-10,13,18-22H,5,11-12,14-17H2,1-3H3,(H,40,45). The number of anilines is 1. The van der Waals surface area contributed by atoms with Gasteiger partial charge in [0.1, 0.15) is 11.6 Å². The first-order chi connectivity index (χ1) is 24.1. The number of nitrogens with zero attached hydrogens (tertiary/aromatic N) is 5. The Kier molecular flexibility index (Phi) is 10.2. The van der Waals surface area contributed by atoms with Crippen molar-refractivity contribution in [3.05, 3.63) is 105 Å². The first-order valence-corrected chi connectivity index (χ1v) is 16.2. The number of halogens is 2. The van der Waals surface area contributed by atoms with Crippen molar-refractivity contribution in [3.8, 4) is 28.7 Å². The molecule has 5 aromatic rings. The summed E-state index contributed by atoms with van der Waals surface area (Å²) < 4.78 is 48.2. The van der Waals surface area contributed by atoms with Gasteiger partial charge in [-0.05, 0) is 80.7 Å². The van der Waals surface area contributed by atoms with E-state index in [0.717, 1.165) is 55.8 Å². The second kappa shape index (κ2) is 14.9. The minimum Gasteiger partial charge on any atom is -0.493 e. The normalized spacial score (nSPS) is 13.7. The van der Waals surface area contributed by atoms with Gasteiger partial charge in [0.2, 0.25) is 5.69 Å². The predicted molar refractivity (Wildman–Crippen MR) is 183 cm³/mol. The highest BCUT2D eigenvalue weighted by atomic mass is 19.1. The van der Waals surface area contributed by atoms with Gasteiger partial charge in [-0.1, -0.05) is 13.0 Å². The van der Waals surface area contributed by atoms with E-state index in [1.165, 1.54) is 56.5 Å². The van der Waals surface area contributed by atoms with Gasteiger partial charge in [0.05, 0.1) is 24.9 Å². The summed E-state index contributed by atoms with van der Waals surface area (Å²) in [6.45, 7) is 6.00. The molecule has 3 aromatic carbocycles. The maximum atomic E-state index is 15.3. The van der Waals surface area contributed by atoms with Crippen molar-refractivity contribution in [2.75, 3.05) is 38.7 Å². The van der Waals surface area contributed by atoms with Crippen LogP contribution in [0, 0.1) is 17.6 Å². The summed E-state index contributed by atoms with van der Waals surface area (Å²) in [6, 6.07) is 13.7. The molecule has 0 aliphatic carbocycles. The van der Waals surface area contributed by atoms with Crippen LogP contribution in [0.2, 0.25) is 0 Å². The van der Waals surface area contributed by atoms with Crippen molar-refractivity contribution in [1.29, 1.82) is 0 Å². The number of rotatable bonds is 11. The van der Waals surface area contributed by atoms with Crippen molar-refractivity contribution < 1.29 is 27.8 Å². The van der Waals surface area contributed by atoms with Crippen LogP contribution in [0.5, 0.6) is 23.0 Å². The fourth-order valence-corrected chi connectivity index (χ4v) is 5.71. The lowest BCUT2D eigenvalue weighted by Gasteiger charge is -2.30. The Morgan fingerprint density at radius 3 is 2.52 bits per heavy atom. The van der Waals surface area contributed by atoms with Crippen LogP contribution in [-0.4, -0.2) is 63.5 Å². The molecule has 260 valence electrons. The van der Waals surface area contributed by atoms with Crippen LogP contribution in [0.15, 0.2) is 76.4 Å². The maximum absolute atomic E-state index is 15.3. The molecule has 3 heterocycles. The van der Waals surface area contributed by atoms with Gasteiger partial charge in [-0.3, -0.25) is 19.1 Å². The van der Waals surface area contributed by atoms with Gasteiger partial charge < -0.3 is 24.4 Å². The van der Waals surface area contributed by atoms with Gasteiger partial charge in [-0.25, -0.2) is 13.6 Å². The molecule has 1 saturated heterocycles. The summed E-state index contributed by atoms with van der Waals surface area (Å²) in [5.74, 6) is -0.495. The molecular formula is C36H36F2N6O6. The van der Waals surface area contributed by atoms with Crippen LogP contribution in [0.25, 0.3) is 16.6 Å². The minimum absolute atomic E-state index is 0.00917. The van der Waals surface area contributed by atoms with E-state index in [2.05, 4.69) is 27.2 Å². The van der Waals surface area contributed by atoms with Gasteiger partial charge in [0.15, 0.2) is 23.1 Å². The van der Waals surface area contributed by atoms with Gasteiger partial charge in [-0.2, -0.15) is 9.78 Å². The molecule has 0 atom stereocenters. The zero-order valence-electron chi connectivity index (χ0n) is 27.8. The number of benzene rings is 3. The number of hydrogen-bond acceptors (Lipinski definition) is 9. The number of piperidine rings is 1. The summed E-state index contributed by atoms with van der Waals surface area (Å²) in [7, 11) is 2.70. The van der Waals surface area contributed by atoms with E-state index in [9.17, 15) is 18.8 Å². The van der Waals surface area contributed by atoms with E-state index in [4.69, 9.17) is 14.2 Å². The molecular weight excluding hydrogens is 650 g/mol. The maximum Gasteiger partial charge on any atom is 0.351 e. The Morgan fingerprint density at radius 1 is 0.980 bits per heavy atom. The predicted octanol–water partition coefficient (Wildman–Crippen LogP) is 5.31. The number of methoxy groups -OCH3 is 1. The number of carbonyl (C=O) groups excluding carboxylic acids is 1. The summed E-state index contributed by atoms with van der Waals surface area (Å²) in [5.41, 5.74) is -1.97. The molecule has 14 heteroatoms. The third-order valence-corrected chi connectivity index (χ3v) is 8.59. The average molecular weight is 687 g/mol. The summed E-state index contributed by atoms with van der Waals surface area (Å²) in [6.07, 6.45) is 4.85. The molecule has 0 bridgehead atoms. The highest BCUT2D eigenvalue weighted by Gasteiger charge is 2.21. The van der Waals surface area contributed by atoms with Crippen molar-refractivity contribution in [2.45, 2.75) is 26.2 Å². The van der Waals surface area contributed by atoms with E-state index in [1.807, 2.05) is 0 Å². The Labute approximate surface area is 285 Å². The number of hydrogen-bond donors (Lipinski definition) is 1. The number of pyridine rings is 1. The number of ether oxygens (including phenoxy) is 3. The van der Waals surface area contributed by atoms with Gasteiger partial charge in [-0.15, -0.1) is 0 Å². The molecule has 0 unspecified atom stereocenters. The van der Waals surface area contributed by atoms with Crippen LogP contribution < -0.4 is 30.8 Å². The topological polar surface area (TPSA) is 130 Å². The van der Waals surface area contributed by atoms with Crippen molar-refractivity contribution in [1.82, 2.24) is 24.2 Å². The Hall–Kier alpha value is -5.63. The Bertz CT molecular complexity index is 2160. The second-order valence-corrected chi connectivity index (χ2v) is 12.1. The third-order valence-electron chi connectivity index (χ3n) is 8.59. The van der Waals surface area contributed by atoms with E-state index < -0.39 is 34.5 Å². The van der Waals surface area contributed by atoms with Gasteiger partial charge in [0.25, 0.3) is 11.5 Å². The van der Waals surface area contributed by atoms with Crippen molar-refractivity contribution in [2.24, 2.45) is 13.0 Å². The lowest BCUT2D eigenvalue weighted by atomic mass is 9.99. The summed E-state index contributed by atoms with van der Waals surface area (Å²) in [4.78, 5) is 45.4. The van der Waals surface area contributed by atoms with Crippen LogP contribution in [0.3, 0.4) is 0 Å². The fourth-order valence-electron chi connectivity index (χ4n) is 5.71. The lowest BCUT2D eigenvalue weighted by Crippen LogP contribution is -2.43.